The molecule has 1 N–H and O–H groups in total. The molecule has 7 nitrogen and oxygen atoms in total. The zero-order valence-corrected chi connectivity index (χ0v) is 32.3. The molecule has 1 aliphatic carbocycles. The Morgan fingerprint density at radius 2 is 0.959 bits per heavy atom. The molecule has 0 aromatic heterocycles. The molecule has 288 valence electrons. The summed E-state index contributed by atoms with van der Waals surface area (Å²) in [6.07, 6.45) is 34.0. The van der Waals surface area contributed by atoms with Crippen molar-refractivity contribution in [3.05, 3.63) is 0 Å². The summed E-state index contributed by atoms with van der Waals surface area (Å²) in [7, 11) is 0. The second kappa shape index (κ2) is 33.5. The van der Waals surface area contributed by atoms with Crippen molar-refractivity contribution in [1.82, 2.24) is 4.90 Å². The van der Waals surface area contributed by atoms with Gasteiger partial charge < -0.3 is 19.5 Å². The van der Waals surface area contributed by atoms with E-state index in [1.165, 1.54) is 116 Å². The second-order valence-corrected chi connectivity index (χ2v) is 15.0. The summed E-state index contributed by atoms with van der Waals surface area (Å²) in [6, 6.07) is 0. The van der Waals surface area contributed by atoms with Crippen LogP contribution in [-0.2, 0) is 23.9 Å². The third kappa shape index (κ3) is 28.7. The van der Waals surface area contributed by atoms with Crippen molar-refractivity contribution in [2.24, 2.45) is 5.92 Å². The Bertz CT molecular complexity index is 745. The van der Waals surface area contributed by atoms with E-state index in [4.69, 9.17) is 9.47 Å². The molecular weight excluding hydrogens is 614 g/mol. The molecule has 2 atom stereocenters. The van der Waals surface area contributed by atoms with Crippen molar-refractivity contribution >= 4 is 17.8 Å². The number of aliphatic hydroxyl groups excluding tert-OH is 1. The van der Waals surface area contributed by atoms with Crippen LogP contribution in [0.3, 0.4) is 0 Å². The molecule has 1 amide bonds. The van der Waals surface area contributed by atoms with E-state index in [9.17, 15) is 19.5 Å². The van der Waals surface area contributed by atoms with Gasteiger partial charge in [-0.2, -0.15) is 0 Å². The molecule has 0 heterocycles. The number of ether oxygens (including phenoxy) is 2. The number of carbonyl (C=O) groups excluding carboxylic acids is 3. The quantitative estimate of drug-likeness (QED) is 0.0532. The molecule has 0 spiro atoms. The van der Waals surface area contributed by atoms with Gasteiger partial charge in [0.1, 0.15) is 13.2 Å². The summed E-state index contributed by atoms with van der Waals surface area (Å²) in [4.78, 5) is 39.6. The number of rotatable bonds is 34. The number of nitrogens with zero attached hydrogens (tertiary/aromatic N) is 1. The van der Waals surface area contributed by atoms with E-state index in [0.29, 0.717) is 38.3 Å². The number of carbonyl (C=O) groups is 3. The molecule has 1 unspecified atom stereocenters. The van der Waals surface area contributed by atoms with Crippen LogP contribution >= 0.6 is 0 Å². The van der Waals surface area contributed by atoms with Gasteiger partial charge in [0.15, 0.2) is 0 Å². The highest BCUT2D eigenvalue weighted by Crippen LogP contribution is 2.28. The van der Waals surface area contributed by atoms with Crippen molar-refractivity contribution < 1.29 is 29.0 Å². The van der Waals surface area contributed by atoms with Gasteiger partial charge in [-0.1, -0.05) is 155 Å². The van der Waals surface area contributed by atoms with Gasteiger partial charge >= 0.3 is 11.9 Å². The molecule has 0 saturated heterocycles. The van der Waals surface area contributed by atoms with Crippen LogP contribution < -0.4 is 0 Å². The first kappa shape index (κ1) is 45.4. The van der Waals surface area contributed by atoms with Crippen molar-refractivity contribution in [2.45, 2.75) is 219 Å². The lowest BCUT2D eigenvalue weighted by atomic mass is 9.84. The summed E-state index contributed by atoms with van der Waals surface area (Å²) in [5.74, 6) is 0.104. The minimum absolute atomic E-state index is 0.0131. The van der Waals surface area contributed by atoms with Gasteiger partial charge in [-0.15, -0.1) is 0 Å². The molecule has 0 bridgehead atoms. The van der Waals surface area contributed by atoms with E-state index in [-0.39, 0.29) is 37.2 Å². The highest BCUT2D eigenvalue weighted by atomic mass is 16.5. The standard InChI is InChI=1S/C42H79NO6/c1-3-5-7-9-11-13-15-17-19-21-23-31-41(46)48-35-33-43(40(45)30-26-28-38-27-25-29-39(44)37-38)34-36-49-42(47)32-24-22-20-18-16-14-12-10-8-6-4-2/h38-39,44H,3-37H2,1-2H3/t38?,39-/m0/s1. The lowest BCUT2D eigenvalue weighted by molar-refractivity contribution is -0.147. The van der Waals surface area contributed by atoms with Gasteiger partial charge in [-0.05, 0) is 44.4 Å². The van der Waals surface area contributed by atoms with Gasteiger partial charge in [0.2, 0.25) is 5.91 Å². The molecule has 7 heteroatoms. The first-order valence-corrected chi connectivity index (χ1v) is 21.2. The Morgan fingerprint density at radius 1 is 0.551 bits per heavy atom. The van der Waals surface area contributed by atoms with E-state index in [1.54, 1.807) is 4.90 Å². The van der Waals surface area contributed by atoms with Crippen molar-refractivity contribution in [3.8, 4) is 0 Å². The van der Waals surface area contributed by atoms with E-state index in [0.717, 1.165) is 64.2 Å². The molecule has 0 aromatic rings. The van der Waals surface area contributed by atoms with Crippen LogP contribution in [-0.4, -0.2) is 60.3 Å². The fraction of sp³-hybridized carbons (Fsp3) is 0.929. The van der Waals surface area contributed by atoms with Crippen molar-refractivity contribution in [2.75, 3.05) is 26.3 Å². The Labute approximate surface area is 302 Å². The Kier molecular flexibility index (Phi) is 31.0. The summed E-state index contributed by atoms with van der Waals surface area (Å²) in [5.41, 5.74) is 0. The van der Waals surface area contributed by atoms with Crippen LogP contribution in [0, 0.1) is 5.92 Å². The van der Waals surface area contributed by atoms with Gasteiger partial charge in [-0.25, -0.2) is 0 Å². The number of amides is 1. The molecule has 0 aliphatic heterocycles. The normalized spacial score (nSPS) is 16.1. The molecule has 1 aliphatic rings. The zero-order valence-electron chi connectivity index (χ0n) is 32.3. The maximum atomic E-state index is 13.2. The maximum Gasteiger partial charge on any atom is 0.305 e. The second-order valence-electron chi connectivity index (χ2n) is 15.0. The summed E-state index contributed by atoms with van der Waals surface area (Å²) in [5, 5.41) is 9.99. The number of hydrogen-bond donors (Lipinski definition) is 1. The Hall–Kier alpha value is -1.63. The first-order valence-electron chi connectivity index (χ1n) is 21.2. The maximum absolute atomic E-state index is 13.2. The molecule has 1 fully saturated rings. The van der Waals surface area contributed by atoms with E-state index in [2.05, 4.69) is 13.8 Å². The highest BCUT2D eigenvalue weighted by molar-refractivity contribution is 5.76. The number of aliphatic hydroxyl groups is 1. The Morgan fingerprint density at radius 3 is 1.37 bits per heavy atom. The smallest absolute Gasteiger partial charge is 0.305 e. The predicted octanol–water partition coefficient (Wildman–Crippen LogP) is 11.0. The predicted molar refractivity (Wildman–Crippen MR) is 202 cm³/mol. The van der Waals surface area contributed by atoms with E-state index in [1.807, 2.05) is 0 Å². The van der Waals surface area contributed by atoms with Crippen LogP contribution in [0.1, 0.15) is 213 Å². The highest BCUT2D eigenvalue weighted by Gasteiger charge is 2.21. The molecule has 1 saturated carbocycles. The third-order valence-electron chi connectivity index (χ3n) is 10.3. The third-order valence-corrected chi connectivity index (χ3v) is 10.3. The zero-order chi connectivity index (χ0) is 35.6. The van der Waals surface area contributed by atoms with Gasteiger partial charge in [0.25, 0.3) is 0 Å². The number of esters is 2. The molecule has 49 heavy (non-hydrogen) atoms. The summed E-state index contributed by atoms with van der Waals surface area (Å²) < 4.78 is 11.0. The minimum Gasteiger partial charge on any atom is -0.464 e. The van der Waals surface area contributed by atoms with Gasteiger partial charge in [0.05, 0.1) is 19.2 Å². The lowest BCUT2D eigenvalue weighted by Gasteiger charge is -2.26. The first-order chi connectivity index (χ1) is 24.0. The van der Waals surface area contributed by atoms with Crippen LogP contribution in [0.25, 0.3) is 0 Å². The SMILES string of the molecule is CCCCCCCCCCCCCC(=O)OCCN(CCOC(=O)CCCCCCCCCCCCC)C(=O)CCCC1CCC[C@H](O)C1. The molecular formula is C42H79NO6. The molecule has 0 radical (unpaired) electrons. The average molecular weight is 694 g/mol. The summed E-state index contributed by atoms with van der Waals surface area (Å²) >= 11 is 0. The topological polar surface area (TPSA) is 93.1 Å². The minimum atomic E-state index is -0.203. The van der Waals surface area contributed by atoms with Gasteiger partial charge in [0, 0.05) is 19.3 Å². The largest absolute Gasteiger partial charge is 0.464 e. The van der Waals surface area contributed by atoms with Crippen LogP contribution in [0.4, 0.5) is 0 Å². The van der Waals surface area contributed by atoms with Crippen LogP contribution in [0.2, 0.25) is 0 Å². The van der Waals surface area contributed by atoms with E-state index >= 15 is 0 Å². The molecule has 0 aromatic carbocycles. The number of unbranched alkanes of at least 4 members (excludes halogenated alkanes) is 20. The van der Waals surface area contributed by atoms with Crippen molar-refractivity contribution in [1.29, 1.82) is 0 Å². The Balaban J connectivity index is 2.27. The molecule has 1 rings (SSSR count). The fourth-order valence-electron chi connectivity index (χ4n) is 7.14. The van der Waals surface area contributed by atoms with E-state index < -0.39 is 0 Å². The van der Waals surface area contributed by atoms with Crippen molar-refractivity contribution in [3.63, 3.8) is 0 Å². The average Bonchev–Trinajstić information content (AvgIpc) is 3.09. The van der Waals surface area contributed by atoms with Crippen LogP contribution in [0.5, 0.6) is 0 Å². The monoisotopic (exact) mass is 694 g/mol. The summed E-state index contributed by atoms with van der Waals surface area (Å²) in [6.45, 7) is 5.49. The van der Waals surface area contributed by atoms with Gasteiger partial charge in [-0.3, -0.25) is 14.4 Å². The number of hydrogen-bond acceptors (Lipinski definition) is 6. The lowest BCUT2D eigenvalue weighted by Crippen LogP contribution is -2.37. The van der Waals surface area contributed by atoms with Crippen LogP contribution in [0.15, 0.2) is 0 Å². The fourth-order valence-corrected chi connectivity index (χ4v) is 7.14.